The summed E-state index contributed by atoms with van der Waals surface area (Å²) in [5.41, 5.74) is 5.48. The molecule has 1 aliphatic heterocycles. The molecule has 1 fully saturated rings. The third-order valence-electron chi connectivity index (χ3n) is 3.66. The summed E-state index contributed by atoms with van der Waals surface area (Å²) in [6.45, 7) is -2.35. The van der Waals surface area contributed by atoms with Gasteiger partial charge in [-0.25, -0.2) is 0 Å². The molecule has 0 aromatic heterocycles. The topological polar surface area (TPSA) is 82.7 Å². The second kappa shape index (κ2) is 9.85. The van der Waals surface area contributed by atoms with Gasteiger partial charge in [-0.1, -0.05) is 6.42 Å². The van der Waals surface area contributed by atoms with Crippen LogP contribution in [-0.4, -0.2) is 41.5 Å². The molecule has 0 aliphatic carbocycles. The first kappa shape index (κ1) is 19.8. The summed E-state index contributed by atoms with van der Waals surface area (Å²) in [7, 11) is 0. The summed E-state index contributed by atoms with van der Waals surface area (Å²) in [6.07, 6.45) is 3.19. The monoisotopic (exact) mass is 386 g/mol. The lowest BCUT2D eigenvalue weighted by Crippen LogP contribution is -2.48. The van der Waals surface area contributed by atoms with Crippen LogP contribution in [0.2, 0.25) is 0 Å². The Labute approximate surface area is 155 Å². The van der Waals surface area contributed by atoms with E-state index in [0.717, 1.165) is 19.3 Å². The molecule has 1 aliphatic rings. The van der Waals surface area contributed by atoms with Crippen molar-refractivity contribution in [3.8, 4) is 5.75 Å². The molecule has 0 spiro atoms. The Morgan fingerprint density at radius 1 is 1.19 bits per heavy atom. The van der Waals surface area contributed by atoms with Gasteiger partial charge in [0.2, 0.25) is 5.91 Å². The van der Waals surface area contributed by atoms with E-state index in [1.807, 2.05) is 0 Å². The molecule has 0 atom stereocenters. The van der Waals surface area contributed by atoms with Gasteiger partial charge in [-0.15, -0.1) is 0 Å². The van der Waals surface area contributed by atoms with E-state index >= 15 is 0 Å². The van der Waals surface area contributed by atoms with E-state index in [0.29, 0.717) is 18.7 Å². The van der Waals surface area contributed by atoms with E-state index in [1.54, 1.807) is 0 Å². The maximum Gasteiger partial charge on any atom is 0.387 e. The number of thiocarbonyl (C=S) groups is 1. The fourth-order valence-electron chi connectivity index (χ4n) is 2.43. The summed E-state index contributed by atoms with van der Waals surface area (Å²) in [4.78, 5) is 25.3. The zero-order valence-electron chi connectivity index (χ0n) is 14.0. The number of nitrogens with one attached hydrogen (secondary N) is 3. The average Bonchev–Trinajstić information content (AvgIpc) is 2.79. The van der Waals surface area contributed by atoms with Crippen molar-refractivity contribution >= 4 is 34.8 Å². The Balaban J connectivity index is 1.73. The molecule has 0 unspecified atom stereocenters. The van der Waals surface area contributed by atoms with E-state index < -0.39 is 6.61 Å². The van der Waals surface area contributed by atoms with Crippen LogP contribution in [-0.2, 0) is 9.59 Å². The second-order valence-electron chi connectivity index (χ2n) is 5.66. The van der Waals surface area contributed by atoms with Crippen LogP contribution < -0.4 is 20.9 Å². The number of hydrazine groups is 1. The third kappa shape index (κ3) is 6.79. The highest BCUT2D eigenvalue weighted by Gasteiger charge is 2.19. The van der Waals surface area contributed by atoms with E-state index in [-0.39, 0.29) is 29.2 Å². The molecule has 26 heavy (non-hydrogen) atoms. The molecule has 10 heteroatoms. The Morgan fingerprint density at radius 2 is 1.92 bits per heavy atom. The molecule has 0 radical (unpaired) electrons. The minimum Gasteiger partial charge on any atom is -0.435 e. The molecule has 1 saturated heterocycles. The van der Waals surface area contributed by atoms with Gasteiger partial charge in [-0.3, -0.25) is 20.4 Å². The molecule has 1 aromatic carbocycles. The number of likely N-dealkylation sites (tertiary alicyclic amines) is 1. The third-order valence-corrected chi connectivity index (χ3v) is 3.86. The maximum atomic E-state index is 12.1. The van der Waals surface area contributed by atoms with Gasteiger partial charge in [-0.2, -0.15) is 8.78 Å². The van der Waals surface area contributed by atoms with Crippen LogP contribution in [0, 0.1) is 0 Å². The number of carbonyl (C=O) groups excluding carboxylic acids is 2. The Bertz CT molecular complexity index is 643. The van der Waals surface area contributed by atoms with Crippen molar-refractivity contribution < 1.29 is 23.1 Å². The van der Waals surface area contributed by atoms with Crippen molar-refractivity contribution in [1.29, 1.82) is 0 Å². The number of hydrogen-bond donors (Lipinski definition) is 3. The van der Waals surface area contributed by atoms with Crippen LogP contribution >= 0.6 is 12.2 Å². The summed E-state index contributed by atoms with van der Waals surface area (Å²) >= 11 is 5.04. The van der Waals surface area contributed by atoms with Crippen LogP contribution in [0.3, 0.4) is 0 Å². The highest BCUT2D eigenvalue weighted by atomic mass is 32.1. The average molecular weight is 386 g/mol. The number of amides is 2. The van der Waals surface area contributed by atoms with Crippen molar-refractivity contribution in [1.82, 2.24) is 15.8 Å². The molecular weight excluding hydrogens is 366 g/mol. The van der Waals surface area contributed by atoms with E-state index in [4.69, 9.17) is 12.2 Å². The first-order valence-corrected chi connectivity index (χ1v) is 8.53. The van der Waals surface area contributed by atoms with Crippen molar-refractivity contribution in [2.75, 3.05) is 18.4 Å². The Hall–Kier alpha value is -2.49. The molecule has 2 amide bonds. The standard InChI is InChI=1S/C16H20F2N4O3S/c17-15(18)25-12-7-5-11(6-8-12)19-16(26)21-20-13(23)10-22-9-3-1-2-4-14(22)24/h5-8,15H,1-4,9-10H2,(H,20,23)(H2,19,21,26). The van der Waals surface area contributed by atoms with Gasteiger partial charge >= 0.3 is 6.61 Å². The summed E-state index contributed by atoms with van der Waals surface area (Å²) in [5.74, 6) is -0.380. The Kier molecular flexibility index (Phi) is 7.52. The lowest BCUT2D eigenvalue weighted by molar-refractivity contribution is -0.135. The molecule has 1 aromatic rings. The highest BCUT2D eigenvalue weighted by molar-refractivity contribution is 7.80. The van der Waals surface area contributed by atoms with Crippen LogP contribution in [0.4, 0.5) is 14.5 Å². The number of nitrogens with zero attached hydrogens (tertiary/aromatic N) is 1. The first-order chi connectivity index (χ1) is 12.4. The fraction of sp³-hybridized carbons (Fsp3) is 0.438. The largest absolute Gasteiger partial charge is 0.435 e. The number of halogens is 2. The number of carbonyl (C=O) groups is 2. The van der Waals surface area contributed by atoms with Crippen LogP contribution in [0.5, 0.6) is 5.75 Å². The minimum absolute atomic E-state index is 0.0237. The van der Waals surface area contributed by atoms with E-state index in [1.165, 1.54) is 29.2 Å². The van der Waals surface area contributed by atoms with Crippen LogP contribution in [0.15, 0.2) is 24.3 Å². The molecule has 0 saturated carbocycles. The van der Waals surface area contributed by atoms with Gasteiger partial charge in [0.1, 0.15) is 12.3 Å². The van der Waals surface area contributed by atoms with Crippen LogP contribution in [0.1, 0.15) is 25.7 Å². The minimum atomic E-state index is -2.89. The van der Waals surface area contributed by atoms with Crippen molar-refractivity contribution in [3.63, 3.8) is 0 Å². The first-order valence-electron chi connectivity index (χ1n) is 8.12. The number of hydrogen-bond acceptors (Lipinski definition) is 4. The van der Waals surface area contributed by atoms with Gasteiger partial charge in [0.15, 0.2) is 5.11 Å². The predicted molar refractivity (Wildman–Crippen MR) is 95.6 cm³/mol. The van der Waals surface area contributed by atoms with Gasteiger partial charge in [0, 0.05) is 18.7 Å². The number of rotatable bonds is 5. The predicted octanol–water partition coefficient (Wildman–Crippen LogP) is 2.01. The van der Waals surface area contributed by atoms with Crippen LogP contribution in [0.25, 0.3) is 0 Å². The van der Waals surface area contributed by atoms with Gasteiger partial charge in [-0.05, 0) is 49.3 Å². The van der Waals surface area contributed by atoms with Crippen molar-refractivity contribution in [3.05, 3.63) is 24.3 Å². The highest BCUT2D eigenvalue weighted by Crippen LogP contribution is 2.17. The summed E-state index contributed by atoms with van der Waals surface area (Å²) < 4.78 is 28.4. The molecular formula is C16H20F2N4O3S. The van der Waals surface area contributed by atoms with Crippen molar-refractivity contribution in [2.24, 2.45) is 0 Å². The molecule has 142 valence electrons. The zero-order chi connectivity index (χ0) is 18.9. The van der Waals surface area contributed by atoms with Crippen molar-refractivity contribution in [2.45, 2.75) is 32.3 Å². The zero-order valence-corrected chi connectivity index (χ0v) is 14.8. The molecule has 2 rings (SSSR count). The van der Waals surface area contributed by atoms with E-state index in [2.05, 4.69) is 20.9 Å². The van der Waals surface area contributed by atoms with Gasteiger partial charge in [0.05, 0.1) is 0 Å². The lowest BCUT2D eigenvalue weighted by Gasteiger charge is -2.20. The van der Waals surface area contributed by atoms with E-state index in [9.17, 15) is 18.4 Å². The molecule has 7 nitrogen and oxygen atoms in total. The smallest absolute Gasteiger partial charge is 0.387 e. The Morgan fingerprint density at radius 3 is 2.62 bits per heavy atom. The number of benzene rings is 1. The maximum absolute atomic E-state index is 12.1. The second-order valence-corrected chi connectivity index (χ2v) is 6.06. The number of anilines is 1. The summed E-state index contributed by atoms with van der Waals surface area (Å²) in [5, 5.41) is 2.90. The van der Waals surface area contributed by atoms with Gasteiger partial charge < -0.3 is 15.0 Å². The fourth-order valence-corrected chi connectivity index (χ4v) is 2.60. The quantitative estimate of drug-likeness (QED) is 0.531. The SMILES string of the molecule is O=C(CN1CCCCCC1=O)NNC(=S)Nc1ccc(OC(F)F)cc1. The lowest BCUT2D eigenvalue weighted by atomic mass is 10.2. The molecule has 3 N–H and O–H groups in total. The molecule has 0 bridgehead atoms. The number of ether oxygens (including phenoxy) is 1. The number of alkyl halides is 2. The summed E-state index contributed by atoms with van der Waals surface area (Å²) in [6, 6.07) is 5.73. The normalized spacial score (nSPS) is 14.6. The molecule has 1 heterocycles. The van der Waals surface area contributed by atoms with Gasteiger partial charge in [0.25, 0.3) is 5.91 Å².